The molecule has 0 aromatic heterocycles. The monoisotopic (exact) mass is 357 g/mol. The molecule has 0 atom stereocenters. The summed E-state index contributed by atoms with van der Waals surface area (Å²) < 4.78 is 10.7. The van der Waals surface area contributed by atoms with E-state index in [1.165, 1.54) is 13.0 Å². The third-order valence-corrected chi connectivity index (χ3v) is 3.77. The van der Waals surface area contributed by atoms with Crippen molar-refractivity contribution in [2.24, 2.45) is 0 Å². The standard InChI is InChI=1S/C19H19NO6/c1-4-25-17-9-8-14(13(3)21)10-15(17)11-26-19(22)16-7-5-6-12(2)18(16)20(23)24/h5-10H,4,11H2,1-3H3. The number of ether oxygens (including phenoxy) is 2. The van der Waals surface area contributed by atoms with E-state index in [-0.39, 0.29) is 23.6 Å². The average molecular weight is 357 g/mol. The molecule has 136 valence electrons. The Morgan fingerprint density at radius 2 is 1.92 bits per heavy atom. The number of rotatable bonds is 7. The van der Waals surface area contributed by atoms with Gasteiger partial charge in [0.05, 0.1) is 11.5 Å². The molecule has 0 saturated heterocycles. The number of hydrogen-bond donors (Lipinski definition) is 0. The molecule has 7 nitrogen and oxygen atoms in total. The number of carbonyl (C=O) groups excluding carboxylic acids is 2. The van der Waals surface area contributed by atoms with Crippen molar-refractivity contribution in [2.75, 3.05) is 6.61 Å². The number of hydrogen-bond acceptors (Lipinski definition) is 6. The van der Waals surface area contributed by atoms with Crippen LogP contribution in [0.2, 0.25) is 0 Å². The Kier molecular flexibility index (Phi) is 6.06. The van der Waals surface area contributed by atoms with E-state index in [9.17, 15) is 19.7 Å². The molecule has 0 radical (unpaired) electrons. The van der Waals surface area contributed by atoms with Crippen molar-refractivity contribution in [1.29, 1.82) is 0 Å². The van der Waals surface area contributed by atoms with Crippen molar-refractivity contribution >= 4 is 17.4 Å². The molecule has 26 heavy (non-hydrogen) atoms. The lowest BCUT2D eigenvalue weighted by Crippen LogP contribution is -2.10. The van der Waals surface area contributed by atoms with Gasteiger partial charge in [-0.05, 0) is 45.0 Å². The van der Waals surface area contributed by atoms with Gasteiger partial charge in [-0.1, -0.05) is 12.1 Å². The van der Waals surface area contributed by atoms with E-state index in [0.29, 0.717) is 29.0 Å². The van der Waals surface area contributed by atoms with Gasteiger partial charge in [-0.15, -0.1) is 0 Å². The minimum Gasteiger partial charge on any atom is -0.493 e. The fraction of sp³-hybridized carbons (Fsp3) is 0.263. The van der Waals surface area contributed by atoms with Crippen molar-refractivity contribution in [3.63, 3.8) is 0 Å². The number of ketones is 1. The van der Waals surface area contributed by atoms with Crippen molar-refractivity contribution in [3.05, 3.63) is 68.8 Å². The number of carbonyl (C=O) groups is 2. The Bertz CT molecular complexity index is 859. The molecular formula is C19H19NO6. The van der Waals surface area contributed by atoms with Crippen LogP contribution in [0.5, 0.6) is 5.75 Å². The molecule has 7 heteroatoms. The van der Waals surface area contributed by atoms with Crippen molar-refractivity contribution in [1.82, 2.24) is 0 Å². The summed E-state index contributed by atoms with van der Waals surface area (Å²) in [4.78, 5) is 34.5. The first kappa shape index (κ1) is 19.1. The SMILES string of the molecule is CCOc1ccc(C(C)=O)cc1COC(=O)c1cccc(C)c1[N+](=O)[O-]. The maximum absolute atomic E-state index is 12.3. The zero-order valence-corrected chi connectivity index (χ0v) is 14.8. The summed E-state index contributed by atoms with van der Waals surface area (Å²) >= 11 is 0. The van der Waals surface area contributed by atoms with Gasteiger partial charge >= 0.3 is 5.97 Å². The normalized spacial score (nSPS) is 10.3. The van der Waals surface area contributed by atoms with Gasteiger partial charge in [0.25, 0.3) is 5.69 Å². The van der Waals surface area contributed by atoms with Gasteiger partial charge in [-0.2, -0.15) is 0 Å². The highest BCUT2D eigenvalue weighted by Gasteiger charge is 2.24. The summed E-state index contributed by atoms with van der Waals surface area (Å²) in [6.45, 7) is 5.04. The second-order valence-corrected chi connectivity index (χ2v) is 5.62. The van der Waals surface area contributed by atoms with E-state index >= 15 is 0 Å². The van der Waals surface area contributed by atoms with Crippen LogP contribution in [0, 0.1) is 17.0 Å². The topological polar surface area (TPSA) is 95.7 Å². The maximum atomic E-state index is 12.3. The largest absolute Gasteiger partial charge is 0.493 e. The number of nitro benzene ring substituents is 1. The number of nitro groups is 1. The van der Waals surface area contributed by atoms with Crippen LogP contribution in [0.15, 0.2) is 36.4 Å². The minimum atomic E-state index is -0.809. The van der Waals surface area contributed by atoms with Crippen LogP contribution in [-0.4, -0.2) is 23.3 Å². The quantitative estimate of drug-likeness (QED) is 0.323. The van der Waals surface area contributed by atoms with Crippen LogP contribution in [0.25, 0.3) is 0 Å². The highest BCUT2D eigenvalue weighted by molar-refractivity contribution is 5.95. The van der Waals surface area contributed by atoms with E-state index in [2.05, 4.69) is 0 Å². The highest BCUT2D eigenvalue weighted by Crippen LogP contribution is 2.26. The number of esters is 1. The van der Waals surface area contributed by atoms with Crippen molar-refractivity contribution in [2.45, 2.75) is 27.4 Å². The van der Waals surface area contributed by atoms with E-state index in [1.807, 2.05) is 6.92 Å². The Morgan fingerprint density at radius 3 is 2.54 bits per heavy atom. The first-order valence-electron chi connectivity index (χ1n) is 8.03. The molecule has 0 saturated carbocycles. The average Bonchev–Trinajstić information content (AvgIpc) is 2.60. The predicted molar refractivity (Wildman–Crippen MR) is 94.6 cm³/mol. The third kappa shape index (κ3) is 4.24. The predicted octanol–water partition coefficient (Wildman–Crippen LogP) is 3.86. The number of benzene rings is 2. The molecule has 0 aliphatic rings. The molecule has 0 amide bonds. The van der Waals surface area contributed by atoms with Crippen LogP contribution in [0.4, 0.5) is 5.69 Å². The fourth-order valence-electron chi connectivity index (χ4n) is 2.49. The van der Waals surface area contributed by atoms with E-state index < -0.39 is 10.9 Å². The van der Waals surface area contributed by atoms with Gasteiger partial charge < -0.3 is 9.47 Å². The van der Waals surface area contributed by atoms with Gasteiger partial charge in [0.15, 0.2) is 5.78 Å². The molecule has 2 aromatic carbocycles. The van der Waals surface area contributed by atoms with E-state index in [1.54, 1.807) is 37.3 Å². The number of nitrogens with zero attached hydrogens (tertiary/aromatic N) is 1. The summed E-state index contributed by atoms with van der Waals surface area (Å²) in [6.07, 6.45) is 0. The molecule has 0 fully saturated rings. The van der Waals surface area contributed by atoms with Crippen molar-refractivity contribution in [3.8, 4) is 5.75 Å². The van der Waals surface area contributed by atoms with Crippen molar-refractivity contribution < 1.29 is 24.0 Å². The van der Waals surface area contributed by atoms with Gasteiger partial charge in [0, 0.05) is 16.7 Å². The van der Waals surface area contributed by atoms with Crippen LogP contribution in [0.1, 0.15) is 45.7 Å². The van der Waals surface area contributed by atoms with Crippen LogP contribution in [0.3, 0.4) is 0 Å². The fourth-order valence-corrected chi connectivity index (χ4v) is 2.49. The molecule has 0 bridgehead atoms. The summed E-state index contributed by atoms with van der Waals surface area (Å²) in [5.41, 5.74) is 0.956. The smallest absolute Gasteiger partial charge is 0.345 e. The molecule has 0 unspecified atom stereocenters. The lowest BCUT2D eigenvalue weighted by Gasteiger charge is -2.12. The van der Waals surface area contributed by atoms with Crippen LogP contribution < -0.4 is 4.74 Å². The van der Waals surface area contributed by atoms with Gasteiger partial charge in [-0.3, -0.25) is 14.9 Å². The second kappa shape index (κ2) is 8.24. The number of aryl methyl sites for hydroxylation is 1. The zero-order chi connectivity index (χ0) is 19.3. The number of Topliss-reactive ketones (excluding diaryl/α,β-unsaturated/α-hetero) is 1. The summed E-state index contributed by atoms with van der Waals surface area (Å²) in [5, 5.41) is 11.2. The van der Waals surface area contributed by atoms with Crippen LogP contribution >= 0.6 is 0 Å². The zero-order valence-electron chi connectivity index (χ0n) is 14.8. The molecule has 2 rings (SSSR count). The molecular weight excluding hydrogens is 338 g/mol. The maximum Gasteiger partial charge on any atom is 0.345 e. The Labute approximate surface area is 150 Å². The lowest BCUT2D eigenvalue weighted by atomic mass is 10.1. The minimum absolute atomic E-state index is 0.115. The molecule has 2 aromatic rings. The lowest BCUT2D eigenvalue weighted by molar-refractivity contribution is -0.385. The van der Waals surface area contributed by atoms with Gasteiger partial charge in [-0.25, -0.2) is 4.79 Å². The molecule has 0 N–H and O–H groups in total. The first-order chi connectivity index (χ1) is 12.3. The van der Waals surface area contributed by atoms with Gasteiger partial charge in [0.1, 0.15) is 17.9 Å². The summed E-state index contributed by atoms with van der Waals surface area (Å²) in [5.74, 6) is -0.449. The number of para-hydroxylation sites is 1. The second-order valence-electron chi connectivity index (χ2n) is 5.62. The molecule has 0 heterocycles. The van der Waals surface area contributed by atoms with Crippen LogP contribution in [-0.2, 0) is 11.3 Å². The Hall–Kier alpha value is -3.22. The molecule has 0 spiro atoms. The van der Waals surface area contributed by atoms with E-state index in [4.69, 9.17) is 9.47 Å². The van der Waals surface area contributed by atoms with Gasteiger partial charge in [0.2, 0.25) is 0 Å². The Balaban J connectivity index is 2.27. The first-order valence-corrected chi connectivity index (χ1v) is 8.03. The summed E-state index contributed by atoms with van der Waals surface area (Å²) in [6, 6.07) is 9.32. The third-order valence-electron chi connectivity index (χ3n) is 3.77. The van der Waals surface area contributed by atoms with E-state index in [0.717, 1.165) is 0 Å². The summed E-state index contributed by atoms with van der Waals surface area (Å²) in [7, 11) is 0. The molecule has 0 aliphatic heterocycles. The Morgan fingerprint density at radius 1 is 1.19 bits per heavy atom. The highest BCUT2D eigenvalue weighted by atomic mass is 16.6. The molecule has 0 aliphatic carbocycles.